The first-order chi connectivity index (χ1) is 15.0. The number of carbonyl (C=O) groups excluding carboxylic acids is 1. The topological polar surface area (TPSA) is 93.3 Å². The lowest BCUT2D eigenvalue weighted by molar-refractivity contribution is -0.389. The lowest BCUT2D eigenvalue weighted by atomic mass is 10.1. The minimum atomic E-state index is -0.532. The highest BCUT2D eigenvalue weighted by Crippen LogP contribution is 2.28. The third kappa shape index (κ3) is 4.91. The third-order valence-corrected chi connectivity index (χ3v) is 5.60. The van der Waals surface area contributed by atoms with Crippen LogP contribution in [-0.2, 0) is 30.8 Å². The van der Waals surface area contributed by atoms with Crippen molar-refractivity contribution in [2.75, 3.05) is 11.4 Å². The maximum atomic E-state index is 12.2. The standard InChI is InChI=1S/C23H25N5O3/c1-17-25-22(28(30)31)16-26(17)13-11-23(29)24-14-18-6-8-19(9-7-18)15-27-12-10-20-4-2-3-5-21(20)27/h2-9,16H,10-15H2,1H3,(H,24,29). The molecule has 0 fully saturated rings. The van der Waals surface area contributed by atoms with E-state index < -0.39 is 4.92 Å². The van der Waals surface area contributed by atoms with E-state index in [4.69, 9.17) is 0 Å². The van der Waals surface area contributed by atoms with E-state index in [1.165, 1.54) is 23.0 Å². The highest BCUT2D eigenvalue weighted by atomic mass is 16.6. The molecule has 0 saturated carbocycles. The van der Waals surface area contributed by atoms with Crippen LogP contribution in [0.15, 0.2) is 54.7 Å². The Morgan fingerprint density at radius 2 is 1.90 bits per heavy atom. The van der Waals surface area contributed by atoms with Crippen molar-refractivity contribution >= 4 is 17.4 Å². The number of carbonyl (C=O) groups is 1. The average molecular weight is 419 g/mol. The van der Waals surface area contributed by atoms with Gasteiger partial charge in [-0.1, -0.05) is 42.5 Å². The van der Waals surface area contributed by atoms with Gasteiger partial charge in [0.2, 0.25) is 11.7 Å². The molecule has 3 aromatic rings. The van der Waals surface area contributed by atoms with E-state index in [1.807, 2.05) is 12.1 Å². The quantitative estimate of drug-likeness (QED) is 0.446. The number of hydrogen-bond acceptors (Lipinski definition) is 5. The normalized spacial score (nSPS) is 12.6. The Labute approximate surface area is 180 Å². The number of fused-ring (bicyclic) bond motifs is 1. The van der Waals surface area contributed by atoms with Crippen LogP contribution in [0.2, 0.25) is 0 Å². The SMILES string of the molecule is Cc1nc([N+](=O)[O-])cn1CCC(=O)NCc1ccc(CN2CCc3ccccc32)cc1. The van der Waals surface area contributed by atoms with Crippen LogP contribution in [0.4, 0.5) is 11.5 Å². The summed E-state index contributed by atoms with van der Waals surface area (Å²) in [4.78, 5) is 28.7. The molecule has 1 aromatic heterocycles. The van der Waals surface area contributed by atoms with Crippen molar-refractivity contribution in [2.45, 2.75) is 39.4 Å². The lowest BCUT2D eigenvalue weighted by Crippen LogP contribution is -2.24. The second-order valence-electron chi connectivity index (χ2n) is 7.74. The van der Waals surface area contributed by atoms with Gasteiger partial charge in [-0.3, -0.25) is 4.79 Å². The first-order valence-electron chi connectivity index (χ1n) is 10.3. The number of nitrogens with zero attached hydrogens (tertiary/aromatic N) is 4. The van der Waals surface area contributed by atoms with Crippen LogP contribution in [0.3, 0.4) is 0 Å². The van der Waals surface area contributed by atoms with Gasteiger partial charge in [0.05, 0.1) is 0 Å². The van der Waals surface area contributed by atoms with Crippen molar-refractivity contribution in [2.24, 2.45) is 0 Å². The van der Waals surface area contributed by atoms with Gasteiger partial charge < -0.3 is 24.9 Å². The number of nitrogens with one attached hydrogen (secondary N) is 1. The summed E-state index contributed by atoms with van der Waals surface area (Å²) in [6.07, 6.45) is 2.69. The maximum absolute atomic E-state index is 12.2. The van der Waals surface area contributed by atoms with Crippen molar-refractivity contribution in [3.8, 4) is 0 Å². The Hall–Kier alpha value is -3.68. The fourth-order valence-electron chi connectivity index (χ4n) is 3.87. The van der Waals surface area contributed by atoms with E-state index >= 15 is 0 Å². The number of nitro groups is 1. The summed E-state index contributed by atoms with van der Waals surface area (Å²) in [6, 6.07) is 16.8. The van der Waals surface area contributed by atoms with Gasteiger partial charge in [0.15, 0.2) is 0 Å². The van der Waals surface area contributed by atoms with Crippen LogP contribution in [0.5, 0.6) is 0 Å². The van der Waals surface area contributed by atoms with Gasteiger partial charge >= 0.3 is 5.82 Å². The van der Waals surface area contributed by atoms with Crippen LogP contribution < -0.4 is 10.2 Å². The van der Waals surface area contributed by atoms with E-state index in [1.54, 1.807) is 11.5 Å². The predicted molar refractivity (Wildman–Crippen MR) is 118 cm³/mol. The number of anilines is 1. The van der Waals surface area contributed by atoms with Crippen molar-refractivity contribution in [3.63, 3.8) is 0 Å². The molecule has 0 radical (unpaired) electrons. The van der Waals surface area contributed by atoms with E-state index in [0.29, 0.717) is 18.9 Å². The Morgan fingerprint density at radius 1 is 1.16 bits per heavy atom. The van der Waals surface area contributed by atoms with Gasteiger partial charge in [-0.2, -0.15) is 0 Å². The molecular weight excluding hydrogens is 394 g/mol. The predicted octanol–water partition coefficient (Wildman–Crippen LogP) is 3.37. The average Bonchev–Trinajstić information content (AvgIpc) is 3.35. The van der Waals surface area contributed by atoms with Crippen LogP contribution in [-0.4, -0.2) is 26.9 Å². The Kier molecular flexibility index (Phi) is 5.97. The summed E-state index contributed by atoms with van der Waals surface area (Å²) in [5.74, 6) is 0.222. The first kappa shape index (κ1) is 20.6. The number of aromatic nitrogens is 2. The third-order valence-electron chi connectivity index (χ3n) is 5.60. The van der Waals surface area contributed by atoms with Gasteiger partial charge in [0.25, 0.3) is 0 Å². The zero-order chi connectivity index (χ0) is 21.8. The molecule has 0 spiro atoms. The molecular formula is C23H25N5O3. The van der Waals surface area contributed by atoms with E-state index in [2.05, 4.69) is 51.6 Å². The number of imidazole rings is 1. The molecule has 0 atom stereocenters. The summed E-state index contributed by atoms with van der Waals surface area (Å²) in [7, 11) is 0. The van der Waals surface area contributed by atoms with Crippen LogP contribution in [0, 0.1) is 17.0 Å². The minimum Gasteiger partial charge on any atom is -0.367 e. The molecule has 1 aliphatic rings. The molecule has 8 heteroatoms. The number of amides is 1. The fraction of sp³-hybridized carbons (Fsp3) is 0.304. The van der Waals surface area contributed by atoms with E-state index in [-0.39, 0.29) is 18.1 Å². The number of benzene rings is 2. The molecule has 1 N–H and O–H groups in total. The van der Waals surface area contributed by atoms with Crippen LogP contribution in [0.1, 0.15) is 28.9 Å². The van der Waals surface area contributed by atoms with Crippen molar-refractivity contribution in [3.05, 3.63) is 87.4 Å². The van der Waals surface area contributed by atoms with E-state index in [9.17, 15) is 14.9 Å². The molecule has 4 rings (SSSR count). The largest absolute Gasteiger partial charge is 0.381 e. The first-order valence-corrected chi connectivity index (χ1v) is 10.3. The van der Waals surface area contributed by atoms with Gasteiger partial charge in [0.1, 0.15) is 6.20 Å². The van der Waals surface area contributed by atoms with Crippen molar-refractivity contribution < 1.29 is 9.72 Å². The Balaban J connectivity index is 1.25. The second-order valence-corrected chi connectivity index (χ2v) is 7.74. The molecule has 0 bridgehead atoms. The Morgan fingerprint density at radius 3 is 2.65 bits per heavy atom. The van der Waals surface area contributed by atoms with E-state index in [0.717, 1.165) is 25.1 Å². The van der Waals surface area contributed by atoms with Gasteiger partial charge in [0, 0.05) is 45.2 Å². The highest BCUT2D eigenvalue weighted by Gasteiger charge is 2.18. The van der Waals surface area contributed by atoms with Crippen molar-refractivity contribution in [1.29, 1.82) is 0 Å². The van der Waals surface area contributed by atoms with Gasteiger partial charge in [-0.05, 0) is 39.1 Å². The summed E-state index contributed by atoms with van der Waals surface area (Å²) < 4.78 is 1.63. The number of aryl methyl sites for hydroxylation is 2. The zero-order valence-corrected chi connectivity index (χ0v) is 17.5. The van der Waals surface area contributed by atoms with Crippen LogP contribution >= 0.6 is 0 Å². The number of para-hydroxylation sites is 1. The van der Waals surface area contributed by atoms with Crippen molar-refractivity contribution in [1.82, 2.24) is 14.9 Å². The summed E-state index contributed by atoms with van der Waals surface area (Å²) in [5, 5.41) is 13.7. The number of rotatable bonds is 8. The maximum Gasteiger partial charge on any atom is 0.381 e. The smallest absolute Gasteiger partial charge is 0.367 e. The minimum absolute atomic E-state index is 0.103. The number of hydrogen-bond donors (Lipinski definition) is 1. The fourth-order valence-corrected chi connectivity index (χ4v) is 3.87. The summed E-state index contributed by atoms with van der Waals surface area (Å²) in [6.45, 7) is 4.41. The molecule has 160 valence electrons. The Bertz CT molecular complexity index is 1090. The molecule has 0 saturated heterocycles. The zero-order valence-electron chi connectivity index (χ0n) is 17.5. The lowest BCUT2D eigenvalue weighted by Gasteiger charge is -2.19. The molecule has 8 nitrogen and oxygen atoms in total. The van der Waals surface area contributed by atoms with Gasteiger partial charge in [-0.25, -0.2) is 0 Å². The van der Waals surface area contributed by atoms with Gasteiger partial charge in [-0.15, -0.1) is 0 Å². The highest BCUT2D eigenvalue weighted by molar-refractivity contribution is 5.75. The summed E-state index contributed by atoms with van der Waals surface area (Å²) >= 11 is 0. The second kappa shape index (κ2) is 8.99. The molecule has 1 amide bonds. The molecule has 2 heterocycles. The molecule has 31 heavy (non-hydrogen) atoms. The monoisotopic (exact) mass is 419 g/mol. The van der Waals surface area contributed by atoms with Crippen LogP contribution in [0.25, 0.3) is 0 Å². The molecule has 0 aliphatic carbocycles. The molecule has 0 unspecified atom stereocenters. The molecule has 1 aliphatic heterocycles. The summed E-state index contributed by atoms with van der Waals surface area (Å²) in [5.41, 5.74) is 5.00. The molecule has 2 aromatic carbocycles.